The summed E-state index contributed by atoms with van der Waals surface area (Å²) in [5.74, 6) is -0.0226. The van der Waals surface area contributed by atoms with E-state index in [2.05, 4.69) is 5.32 Å². The lowest BCUT2D eigenvalue weighted by Gasteiger charge is -2.26. The molecule has 3 N–H and O–H groups in total. The normalized spacial score (nSPS) is 15.3. The van der Waals surface area contributed by atoms with Crippen molar-refractivity contribution in [3.63, 3.8) is 0 Å². The predicted molar refractivity (Wildman–Crippen MR) is 119 cm³/mol. The molecule has 0 heterocycles. The number of methoxy groups -OCH3 is 1. The summed E-state index contributed by atoms with van der Waals surface area (Å²) in [6.45, 7) is 0.615. The third-order valence-corrected chi connectivity index (χ3v) is 7.37. The average Bonchev–Trinajstić information content (AvgIpc) is 2.72. The van der Waals surface area contributed by atoms with Gasteiger partial charge in [0, 0.05) is 19.8 Å². The molecule has 1 aromatic carbocycles. The highest BCUT2D eigenvalue weighted by Gasteiger charge is 2.23. The van der Waals surface area contributed by atoms with Crippen molar-refractivity contribution in [2.45, 2.75) is 43.4 Å². The van der Waals surface area contributed by atoms with Gasteiger partial charge in [-0.05, 0) is 37.1 Å². The maximum absolute atomic E-state index is 12.6. The molecule has 10 heteroatoms. The number of ether oxygens (including phenoxy) is 1. The number of nitrogens with two attached hydrogens (primary N) is 1. The van der Waals surface area contributed by atoms with Crippen molar-refractivity contribution in [3.05, 3.63) is 18.2 Å². The first kappa shape index (κ1) is 25.1. The number of nitrogens with zero attached hydrogens (tertiary/aromatic N) is 2. The fourth-order valence-electron chi connectivity index (χ4n) is 3.83. The summed E-state index contributed by atoms with van der Waals surface area (Å²) >= 11 is 0. The molecule has 0 bridgehead atoms. The number of carbonyl (C=O) groups is 2. The highest BCUT2D eigenvalue weighted by molar-refractivity contribution is 7.89. The number of carbonyl (C=O) groups excluding carboxylic acids is 2. The first-order valence-corrected chi connectivity index (χ1v) is 12.0. The summed E-state index contributed by atoms with van der Waals surface area (Å²) in [7, 11) is 0.482. The second kappa shape index (κ2) is 11.4. The SMILES string of the molecule is COc1ccc(NC(=O)CN(CCC2CCCCC2)CC(N)=O)cc1S(=O)(=O)N(C)C. The molecule has 9 nitrogen and oxygen atoms in total. The molecule has 0 spiro atoms. The number of benzene rings is 1. The van der Waals surface area contributed by atoms with Crippen molar-refractivity contribution in [3.8, 4) is 5.75 Å². The summed E-state index contributed by atoms with van der Waals surface area (Å²) in [5, 5.41) is 2.72. The highest BCUT2D eigenvalue weighted by Crippen LogP contribution is 2.29. The van der Waals surface area contributed by atoms with Crippen LogP contribution in [0, 0.1) is 5.92 Å². The zero-order valence-corrected chi connectivity index (χ0v) is 19.4. The van der Waals surface area contributed by atoms with Gasteiger partial charge in [-0.25, -0.2) is 12.7 Å². The molecular weight excluding hydrogens is 420 g/mol. The number of hydrogen-bond acceptors (Lipinski definition) is 6. The summed E-state index contributed by atoms with van der Waals surface area (Å²) in [4.78, 5) is 25.8. The van der Waals surface area contributed by atoms with Gasteiger partial charge in [0.15, 0.2) is 0 Å². The second-order valence-corrected chi connectivity index (χ2v) is 10.3. The Bertz CT molecular complexity index is 867. The third-order valence-electron chi connectivity index (χ3n) is 5.53. The van der Waals surface area contributed by atoms with Crippen molar-refractivity contribution in [1.82, 2.24) is 9.21 Å². The van der Waals surface area contributed by atoms with Gasteiger partial charge < -0.3 is 15.8 Å². The Morgan fingerprint density at radius 1 is 1.16 bits per heavy atom. The van der Waals surface area contributed by atoms with Crippen molar-refractivity contribution in [1.29, 1.82) is 0 Å². The Balaban J connectivity index is 2.06. The number of hydrogen-bond donors (Lipinski definition) is 2. The summed E-state index contributed by atoms with van der Waals surface area (Å²) in [6, 6.07) is 4.44. The van der Waals surface area contributed by atoms with Crippen molar-refractivity contribution >= 4 is 27.5 Å². The Labute approximate surface area is 185 Å². The standard InChI is InChI=1S/C21H34N4O5S/c1-24(2)31(28,29)19-13-17(9-10-18(19)30-3)23-21(27)15-25(14-20(22)26)12-11-16-7-5-4-6-8-16/h9-10,13,16H,4-8,11-12,14-15H2,1-3H3,(H2,22,26)(H,23,27). The van der Waals surface area contributed by atoms with Gasteiger partial charge in [0.2, 0.25) is 21.8 Å². The van der Waals surface area contributed by atoms with Crippen LogP contribution in [0.15, 0.2) is 23.1 Å². The molecule has 1 saturated carbocycles. The van der Waals surface area contributed by atoms with Crippen molar-refractivity contribution < 1.29 is 22.7 Å². The van der Waals surface area contributed by atoms with Gasteiger partial charge in [-0.2, -0.15) is 0 Å². The van der Waals surface area contributed by atoms with Crippen LogP contribution in [0.3, 0.4) is 0 Å². The van der Waals surface area contributed by atoms with E-state index < -0.39 is 15.9 Å². The number of primary amides is 1. The van der Waals surface area contributed by atoms with Gasteiger partial charge in [0.25, 0.3) is 0 Å². The molecule has 0 saturated heterocycles. The molecule has 2 rings (SSSR count). The lowest BCUT2D eigenvalue weighted by Crippen LogP contribution is -2.40. The van der Waals surface area contributed by atoms with Crippen molar-refractivity contribution in [2.24, 2.45) is 11.7 Å². The lowest BCUT2D eigenvalue weighted by molar-refractivity contribution is -0.121. The summed E-state index contributed by atoms with van der Waals surface area (Å²) in [5.41, 5.74) is 5.69. The van der Waals surface area contributed by atoms with Crippen LogP contribution < -0.4 is 15.8 Å². The number of anilines is 1. The summed E-state index contributed by atoms with van der Waals surface area (Å²) < 4.78 is 31.4. The van der Waals surface area contributed by atoms with E-state index in [4.69, 9.17) is 10.5 Å². The molecule has 31 heavy (non-hydrogen) atoms. The Morgan fingerprint density at radius 2 is 1.84 bits per heavy atom. The molecule has 0 atom stereocenters. The predicted octanol–water partition coefficient (Wildman–Crippen LogP) is 1.64. The molecule has 0 unspecified atom stereocenters. The molecule has 0 radical (unpaired) electrons. The van der Waals surface area contributed by atoms with Gasteiger partial charge >= 0.3 is 0 Å². The zero-order chi connectivity index (χ0) is 23.0. The van der Waals surface area contributed by atoms with E-state index in [1.807, 2.05) is 0 Å². The van der Waals surface area contributed by atoms with Gasteiger partial charge in [-0.1, -0.05) is 32.1 Å². The number of rotatable bonds is 11. The van der Waals surface area contributed by atoms with Crippen LogP contribution in [0.5, 0.6) is 5.75 Å². The van der Waals surface area contributed by atoms with E-state index in [1.165, 1.54) is 65.4 Å². The van der Waals surface area contributed by atoms with Gasteiger partial charge in [0.1, 0.15) is 10.6 Å². The molecular formula is C21H34N4O5S. The number of nitrogens with one attached hydrogen (secondary N) is 1. The topological polar surface area (TPSA) is 122 Å². The highest BCUT2D eigenvalue weighted by atomic mass is 32.2. The van der Waals surface area contributed by atoms with E-state index in [-0.39, 0.29) is 29.6 Å². The molecule has 1 aromatic rings. The first-order valence-electron chi connectivity index (χ1n) is 10.5. The van der Waals surface area contributed by atoms with Crippen LogP contribution in [0.4, 0.5) is 5.69 Å². The minimum atomic E-state index is -3.75. The van der Waals surface area contributed by atoms with E-state index in [1.54, 1.807) is 11.0 Å². The minimum Gasteiger partial charge on any atom is -0.495 e. The fraction of sp³-hybridized carbons (Fsp3) is 0.619. The molecule has 0 aliphatic heterocycles. The monoisotopic (exact) mass is 454 g/mol. The van der Waals surface area contributed by atoms with Crippen LogP contribution in [-0.4, -0.2) is 70.3 Å². The molecule has 2 amide bonds. The quantitative estimate of drug-likeness (QED) is 0.524. The van der Waals surface area contributed by atoms with Gasteiger partial charge in [0.05, 0.1) is 20.2 Å². The van der Waals surface area contributed by atoms with Crippen LogP contribution in [0.2, 0.25) is 0 Å². The fourth-order valence-corrected chi connectivity index (χ4v) is 4.91. The average molecular weight is 455 g/mol. The third kappa shape index (κ3) is 7.48. The van der Waals surface area contributed by atoms with Crippen LogP contribution >= 0.6 is 0 Å². The van der Waals surface area contributed by atoms with Crippen LogP contribution in [0.25, 0.3) is 0 Å². The Morgan fingerprint density at radius 3 is 2.42 bits per heavy atom. The van der Waals surface area contributed by atoms with Crippen LogP contribution in [0.1, 0.15) is 38.5 Å². The maximum atomic E-state index is 12.6. The first-order chi connectivity index (χ1) is 14.6. The molecule has 1 aliphatic rings. The number of sulfonamides is 1. The van der Waals surface area contributed by atoms with E-state index in [0.717, 1.165) is 10.7 Å². The molecule has 0 aromatic heterocycles. The van der Waals surface area contributed by atoms with E-state index in [9.17, 15) is 18.0 Å². The molecule has 1 fully saturated rings. The van der Waals surface area contributed by atoms with Crippen LogP contribution in [-0.2, 0) is 19.6 Å². The largest absolute Gasteiger partial charge is 0.495 e. The Kier molecular flexibility index (Phi) is 9.27. The second-order valence-electron chi connectivity index (χ2n) is 8.17. The molecule has 1 aliphatic carbocycles. The van der Waals surface area contributed by atoms with Gasteiger partial charge in [-0.15, -0.1) is 0 Å². The van der Waals surface area contributed by atoms with E-state index in [0.29, 0.717) is 18.2 Å². The molecule has 174 valence electrons. The Hall–Kier alpha value is -2.17. The zero-order valence-electron chi connectivity index (χ0n) is 18.6. The van der Waals surface area contributed by atoms with E-state index >= 15 is 0 Å². The maximum Gasteiger partial charge on any atom is 0.246 e. The smallest absolute Gasteiger partial charge is 0.246 e. The lowest BCUT2D eigenvalue weighted by atomic mass is 9.87. The number of amides is 2. The summed E-state index contributed by atoms with van der Waals surface area (Å²) in [6.07, 6.45) is 7.04. The van der Waals surface area contributed by atoms with Crippen molar-refractivity contribution in [2.75, 3.05) is 46.2 Å². The minimum absolute atomic E-state index is 0.00253. The van der Waals surface area contributed by atoms with Gasteiger partial charge in [-0.3, -0.25) is 14.5 Å².